The lowest BCUT2D eigenvalue weighted by Gasteiger charge is -2.29. The summed E-state index contributed by atoms with van der Waals surface area (Å²) in [6, 6.07) is 0.553. The number of rotatable bonds is 5. The van der Waals surface area contributed by atoms with Crippen LogP contribution in [0.1, 0.15) is 19.8 Å². The Labute approximate surface area is 103 Å². The average molecular weight is 241 g/mol. The van der Waals surface area contributed by atoms with E-state index < -0.39 is 0 Å². The smallest absolute Gasteiger partial charge is 0.239 e. The van der Waals surface area contributed by atoms with E-state index in [2.05, 4.69) is 22.6 Å². The molecule has 0 aromatic rings. The quantitative estimate of drug-likeness (QED) is 0.686. The van der Waals surface area contributed by atoms with Crippen molar-refractivity contribution in [2.45, 2.75) is 38.0 Å². The third-order valence-corrected chi connectivity index (χ3v) is 3.53. The number of carbonyl (C=O) groups excluding carboxylic acids is 1. The van der Waals surface area contributed by atoms with Crippen molar-refractivity contribution < 1.29 is 9.53 Å². The fraction of sp³-hybridized carbons (Fsp3) is 0.917. The van der Waals surface area contributed by atoms with Gasteiger partial charge < -0.3 is 20.3 Å². The second kappa shape index (κ2) is 5.80. The minimum atomic E-state index is -0.199. The molecule has 0 aromatic carbocycles. The van der Waals surface area contributed by atoms with Crippen molar-refractivity contribution in [3.8, 4) is 0 Å². The molecule has 1 aliphatic carbocycles. The van der Waals surface area contributed by atoms with Crippen LogP contribution in [0.3, 0.4) is 0 Å². The van der Waals surface area contributed by atoms with Crippen LogP contribution in [0.15, 0.2) is 0 Å². The first-order chi connectivity index (χ1) is 8.18. The molecular formula is C12H23N3O2. The second-order valence-electron chi connectivity index (χ2n) is 5.01. The van der Waals surface area contributed by atoms with Crippen LogP contribution in [0.25, 0.3) is 0 Å². The molecule has 5 heteroatoms. The summed E-state index contributed by atoms with van der Waals surface area (Å²) in [6.45, 7) is 5.03. The van der Waals surface area contributed by atoms with Crippen LogP contribution in [-0.2, 0) is 9.53 Å². The van der Waals surface area contributed by atoms with Gasteiger partial charge in [-0.15, -0.1) is 0 Å². The zero-order valence-corrected chi connectivity index (χ0v) is 10.7. The molecule has 0 radical (unpaired) electrons. The number of nitrogens with one attached hydrogen (secondary N) is 2. The number of likely N-dealkylation sites (N-methyl/N-ethyl adjacent to an activating group) is 1. The summed E-state index contributed by atoms with van der Waals surface area (Å²) in [5, 5.41) is 6.16. The van der Waals surface area contributed by atoms with E-state index in [1.807, 2.05) is 6.92 Å². The number of carbonyl (C=O) groups is 1. The Morgan fingerprint density at radius 1 is 1.53 bits per heavy atom. The van der Waals surface area contributed by atoms with Gasteiger partial charge in [-0.05, 0) is 26.8 Å². The molecule has 0 unspecified atom stereocenters. The van der Waals surface area contributed by atoms with Crippen molar-refractivity contribution >= 4 is 5.91 Å². The first kappa shape index (κ1) is 12.8. The Morgan fingerprint density at radius 2 is 2.29 bits per heavy atom. The molecule has 1 saturated carbocycles. The number of morpholine rings is 1. The number of amides is 1. The molecular weight excluding hydrogens is 218 g/mol. The van der Waals surface area contributed by atoms with Crippen LogP contribution in [0.2, 0.25) is 0 Å². The monoisotopic (exact) mass is 241 g/mol. The van der Waals surface area contributed by atoms with Crippen molar-refractivity contribution in [2.75, 3.05) is 33.3 Å². The lowest BCUT2D eigenvalue weighted by molar-refractivity contribution is -0.128. The number of nitrogens with zero attached hydrogens (tertiary/aromatic N) is 1. The highest BCUT2D eigenvalue weighted by atomic mass is 16.5. The van der Waals surface area contributed by atoms with E-state index in [4.69, 9.17) is 4.74 Å². The van der Waals surface area contributed by atoms with Crippen molar-refractivity contribution in [3.63, 3.8) is 0 Å². The fourth-order valence-corrected chi connectivity index (χ4v) is 2.19. The predicted octanol–water partition coefficient (Wildman–Crippen LogP) is -0.426. The van der Waals surface area contributed by atoms with Gasteiger partial charge in [-0.3, -0.25) is 4.79 Å². The van der Waals surface area contributed by atoms with Crippen molar-refractivity contribution in [1.29, 1.82) is 0 Å². The highest BCUT2D eigenvalue weighted by Gasteiger charge is 2.29. The van der Waals surface area contributed by atoms with Crippen LogP contribution >= 0.6 is 0 Å². The van der Waals surface area contributed by atoms with E-state index in [9.17, 15) is 4.79 Å². The highest BCUT2D eigenvalue weighted by Crippen LogP contribution is 2.24. The van der Waals surface area contributed by atoms with Gasteiger partial charge in [0.2, 0.25) is 5.91 Å². The first-order valence-electron chi connectivity index (χ1n) is 6.51. The molecule has 17 heavy (non-hydrogen) atoms. The maximum atomic E-state index is 11.9. The van der Waals surface area contributed by atoms with Gasteiger partial charge in [0.25, 0.3) is 0 Å². The molecule has 2 aliphatic rings. The number of hydrogen-bond acceptors (Lipinski definition) is 4. The van der Waals surface area contributed by atoms with Crippen molar-refractivity contribution in [2.24, 2.45) is 0 Å². The standard InChI is InChI=1S/C12H23N3O2/c1-9-11(13-6-8-17-9)12(16)14-5-7-15(2)10-3-4-10/h9-11,13H,3-8H2,1-2H3,(H,14,16)/t9-,11+/m1/s1. The van der Waals surface area contributed by atoms with Crippen molar-refractivity contribution in [1.82, 2.24) is 15.5 Å². The lowest BCUT2D eigenvalue weighted by Crippen LogP contribution is -2.56. The molecule has 2 fully saturated rings. The Hall–Kier alpha value is -0.650. The fourth-order valence-electron chi connectivity index (χ4n) is 2.19. The van der Waals surface area contributed by atoms with Gasteiger partial charge in [0.15, 0.2) is 0 Å². The molecule has 0 aromatic heterocycles. The van der Waals surface area contributed by atoms with E-state index in [0.29, 0.717) is 6.61 Å². The molecule has 1 aliphatic heterocycles. The summed E-state index contributed by atoms with van der Waals surface area (Å²) < 4.78 is 5.45. The molecule has 1 heterocycles. The average Bonchev–Trinajstić information content (AvgIpc) is 3.13. The van der Waals surface area contributed by atoms with E-state index in [0.717, 1.165) is 25.7 Å². The molecule has 1 amide bonds. The van der Waals surface area contributed by atoms with Gasteiger partial charge in [0, 0.05) is 25.7 Å². The van der Waals surface area contributed by atoms with Crippen LogP contribution in [0.4, 0.5) is 0 Å². The zero-order valence-electron chi connectivity index (χ0n) is 10.7. The minimum Gasteiger partial charge on any atom is -0.375 e. The Kier molecular flexibility index (Phi) is 4.36. The van der Waals surface area contributed by atoms with E-state index in [1.54, 1.807) is 0 Å². The maximum Gasteiger partial charge on any atom is 0.239 e. The zero-order chi connectivity index (χ0) is 12.3. The molecule has 0 bridgehead atoms. The first-order valence-corrected chi connectivity index (χ1v) is 6.51. The van der Waals surface area contributed by atoms with Gasteiger partial charge in [0.1, 0.15) is 6.04 Å². The summed E-state index contributed by atoms with van der Waals surface area (Å²) >= 11 is 0. The molecule has 1 saturated heterocycles. The van der Waals surface area contributed by atoms with Crippen LogP contribution in [0, 0.1) is 0 Å². The molecule has 2 N–H and O–H groups in total. The van der Waals surface area contributed by atoms with Gasteiger partial charge in [-0.1, -0.05) is 0 Å². The van der Waals surface area contributed by atoms with Gasteiger partial charge in [0.05, 0.1) is 12.7 Å². The normalized spacial score (nSPS) is 29.4. The summed E-state index contributed by atoms with van der Waals surface area (Å²) in [4.78, 5) is 14.2. The molecule has 2 atom stereocenters. The Bertz CT molecular complexity index is 268. The van der Waals surface area contributed by atoms with Crippen LogP contribution < -0.4 is 10.6 Å². The van der Waals surface area contributed by atoms with Crippen molar-refractivity contribution in [3.05, 3.63) is 0 Å². The SMILES string of the molecule is C[C@H]1OCCN[C@@H]1C(=O)NCCN(C)C1CC1. The third kappa shape index (κ3) is 3.66. The Morgan fingerprint density at radius 3 is 2.94 bits per heavy atom. The van der Waals surface area contributed by atoms with E-state index in [1.165, 1.54) is 12.8 Å². The summed E-state index contributed by atoms with van der Waals surface area (Å²) in [7, 11) is 2.12. The summed E-state index contributed by atoms with van der Waals surface area (Å²) in [5.41, 5.74) is 0. The van der Waals surface area contributed by atoms with Gasteiger partial charge in [-0.25, -0.2) is 0 Å². The van der Waals surface area contributed by atoms with Gasteiger partial charge in [-0.2, -0.15) is 0 Å². The van der Waals surface area contributed by atoms with Crippen LogP contribution in [-0.4, -0.2) is 62.3 Å². The summed E-state index contributed by atoms with van der Waals surface area (Å²) in [6.07, 6.45) is 2.57. The topological polar surface area (TPSA) is 53.6 Å². The maximum absolute atomic E-state index is 11.9. The van der Waals surface area contributed by atoms with Crippen LogP contribution in [0.5, 0.6) is 0 Å². The molecule has 0 spiro atoms. The highest BCUT2D eigenvalue weighted by molar-refractivity contribution is 5.82. The minimum absolute atomic E-state index is 0.0371. The molecule has 2 rings (SSSR count). The largest absolute Gasteiger partial charge is 0.375 e. The third-order valence-electron chi connectivity index (χ3n) is 3.53. The molecule has 98 valence electrons. The number of ether oxygens (including phenoxy) is 1. The molecule has 5 nitrogen and oxygen atoms in total. The predicted molar refractivity (Wildman–Crippen MR) is 65.9 cm³/mol. The van der Waals surface area contributed by atoms with E-state index in [-0.39, 0.29) is 18.1 Å². The second-order valence-corrected chi connectivity index (χ2v) is 5.01. The lowest BCUT2D eigenvalue weighted by atomic mass is 10.1. The van der Waals surface area contributed by atoms with Gasteiger partial charge >= 0.3 is 0 Å². The Balaban J connectivity index is 1.65. The number of hydrogen-bond donors (Lipinski definition) is 2. The van der Waals surface area contributed by atoms with E-state index >= 15 is 0 Å². The summed E-state index contributed by atoms with van der Waals surface area (Å²) in [5.74, 6) is 0.0568.